The zero-order valence-electron chi connectivity index (χ0n) is 11.5. The molecule has 3 N–H and O–H groups in total. The van der Waals surface area contributed by atoms with Crippen molar-refractivity contribution in [1.29, 1.82) is 0 Å². The van der Waals surface area contributed by atoms with Gasteiger partial charge in [-0.25, -0.2) is 4.98 Å². The van der Waals surface area contributed by atoms with Gasteiger partial charge >= 0.3 is 0 Å². The molecule has 1 unspecified atom stereocenters. The van der Waals surface area contributed by atoms with Crippen LogP contribution in [0.1, 0.15) is 25.3 Å². The molecule has 1 fully saturated rings. The minimum Gasteiger partial charge on any atom is -0.409 e. The van der Waals surface area contributed by atoms with Crippen LogP contribution in [0.25, 0.3) is 10.9 Å². The summed E-state index contributed by atoms with van der Waals surface area (Å²) in [6.07, 6.45) is 2.29. The molecule has 5 nitrogen and oxygen atoms in total. The van der Waals surface area contributed by atoms with Crippen molar-refractivity contribution in [3.05, 3.63) is 35.9 Å². The molecule has 1 atom stereocenters. The number of hydrogen-bond donors (Lipinski definition) is 2. The molecule has 20 heavy (non-hydrogen) atoms. The van der Waals surface area contributed by atoms with Crippen LogP contribution >= 0.6 is 0 Å². The van der Waals surface area contributed by atoms with Gasteiger partial charge in [-0.1, -0.05) is 23.4 Å². The number of fused-ring (bicyclic) bond motifs is 1. The second-order valence-electron chi connectivity index (χ2n) is 5.22. The number of para-hydroxylation sites is 1. The van der Waals surface area contributed by atoms with Crippen LogP contribution in [0.15, 0.2) is 35.5 Å². The molecule has 1 aromatic carbocycles. The third-order valence-electron chi connectivity index (χ3n) is 3.91. The molecule has 3 rings (SSSR count). The van der Waals surface area contributed by atoms with E-state index in [1.165, 1.54) is 0 Å². The van der Waals surface area contributed by atoms with Crippen LogP contribution in [-0.4, -0.2) is 28.6 Å². The number of aromatic nitrogens is 1. The van der Waals surface area contributed by atoms with Gasteiger partial charge < -0.3 is 15.8 Å². The number of benzene rings is 1. The molecule has 5 heteroatoms. The Hall–Kier alpha value is -2.30. The summed E-state index contributed by atoms with van der Waals surface area (Å²) < 4.78 is 0. The van der Waals surface area contributed by atoms with E-state index in [2.05, 4.69) is 17.0 Å². The minimum absolute atomic E-state index is 0.109. The van der Waals surface area contributed by atoms with E-state index in [9.17, 15) is 0 Å². The number of rotatable bonds is 2. The van der Waals surface area contributed by atoms with Crippen molar-refractivity contribution in [3.63, 3.8) is 0 Å². The van der Waals surface area contributed by atoms with E-state index in [1.54, 1.807) is 0 Å². The first-order valence-corrected chi connectivity index (χ1v) is 6.85. The first kappa shape index (κ1) is 12.7. The number of hydrogen-bond acceptors (Lipinski definition) is 4. The van der Waals surface area contributed by atoms with E-state index < -0.39 is 0 Å². The Morgan fingerprint density at radius 3 is 2.95 bits per heavy atom. The average Bonchev–Trinajstić information content (AvgIpc) is 2.91. The monoisotopic (exact) mass is 270 g/mol. The predicted molar refractivity (Wildman–Crippen MR) is 80.3 cm³/mol. The van der Waals surface area contributed by atoms with Gasteiger partial charge in [0.15, 0.2) is 5.84 Å². The van der Waals surface area contributed by atoms with Crippen LogP contribution in [0, 0.1) is 0 Å². The summed E-state index contributed by atoms with van der Waals surface area (Å²) in [6.45, 7) is 3.14. The summed E-state index contributed by atoms with van der Waals surface area (Å²) in [5.74, 6) is 0.918. The Kier molecular flexibility index (Phi) is 3.18. The maximum absolute atomic E-state index is 9.01. The van der Waals surface area contributed by atoms with Crippen LogP contribution in [0.5, 0.6) is 0 Å². The van der Waals surface area contributed by atoms with Gasteiger partial charge in [-0.15, -0.1) is 0 Å². The van der Waals surface area contributed by atoms with E-state index in [0.29, 0.717) is 11.6 Å². The molecular weight excluding hydrogens is 252 g/mol. The van der Waals surface area contributed by atoms with Crippen LogP contribution in [0.3, 0.4) is 0 Å². The third kappa shape index (κ3) is 2.05. The van der Waals surface area contributed by atoms with E-state index >= 15 is 0 Å². The van der Waals surface area contributed by atoms with Crippen LogP contribution < -0.4 is 10.6 Å². The molecule has 104 valence electrons. The van der Waals surface area contributed by atoms with Crippen molar-refractivity contribution in [2.75, 3.05) is 11.4 Å². The lowest BCUT2D eigenvalue weighted by Crippen LogP contribution is -2.30. The van der Waals surface area contributed by atoms with Gasteiger partial charge in [0, 0.05) is 18.0 Å². The standard InChI is InChI=1S/C15H18N4O/c1-10-5-4-8-19(10)15-12(14(16)18-20)9-11-6-2-3-7-13(11)17-15/h2-3,6-7,9-10,20H,4-5,8H2,1H3,(H2,16,18). The molecule has 1 aliphatic rings. The summed E-state index contributed by atoms with van der Waals surface area (Å²) in [6, 6.07) is 10.3. The second kappa shape index (κ2) is 5.00. The van der Waals surface area contributed by atoms with Gasteiger partial charge in [0.1, 0.15) is 5.82 Å². The topological polar surface area (TPSA) is 74.7 Å². The average molecular weight is 270 g/mol. The fourth-order valence-corrected chi connectivity index (χ4v) is 2.81. The fourth-order valence-electron chi connectivity index (χ4n) is 2.81. The van der Waals surface area contributed by atoms with E-state index in [-0.39, 0.29) is 5.84 Å². The highest BCUT2D eigenvalue weighted by Gasteiger charge is 2.25. The Morgan fingerprint density at radius 1 is 1.45 bits per heavy atom. The quantitative estimate of drug-likeness (QED) is 0.380. The summed E-state index contributed by atoms with van der Waals surface area (Å²) in [5.41, 5.74) is 7.45. The molecule has 0 bridgehead atoms. The van der Waals surface area contributed by atoms with Crippen molar-refractivity contribution in [1.82, 2.24) is 4.98 Å². The SMILES string of the molecule is CC1CCCN1c1nc2ccccc2cc1C(N)=NO. The van der Waals surface area contributed by atoms with Crippen molar-refractivity contribution >= 4 is 22.6 Å². The maximum atomic E-state index is 9.01. The van der Waals surface area contributed by atoms with Gasteiger partial charge in [-0.2, -0.15) is 0 Å². The first-order valence-electron chi connectivity index (χ1n) is 6.85. The van der Waals surface area contributed by atoms with E-state index in [0.717, 1.165) is 36.1 Å². The van der Waals surface area contributed by atoms with Gasteiger partial charge in [-0.3, -0.25) is 0 Å². The molecule has 1 saturated heterocycles. The van der Waals surface area contributed by atoms with Gasteiger partial charge in [0.2, 0.25) is 0 Å². The third-order valence-corrected chi connectivity index (χ3v) is 3.91. The summed E-state index contributed by atoms with van der Waals surface area (Å²) in [4.78, 5) is 6.97. The highest BCUT2D eigenvalue weighted by atomic mass is 16.4. The molecule has 2 heterocycles. The highest BCUT2D eigenvalue weighted by molar-refractivity contribution is 6.04. The minimum atomic E-state index is 0.109. The van der Waals surface area contributed by atoms with Crippen LogP contribution in [0.4, 0.5) is 5.82 Å². The molecule has 0 radical (unpaired) electrons. The zero-order valence-corrected chi connectivity index (χ0v) is 11.5. The lowest BCUT2D eigenvalue weighted by Gasteiger charge is -2.25. The molecule has 0 saturated carbocycles. The number of pyridine rings is 1. The molecule has 2 aromatic rings. The van der Waals surface area contributed by atoms with Crippen molar-refractivity contribution in [2.45, 2.75) is 25.8 Å². The van der Waals surface area contributed by atoms with Crippen molar-refractivity contribution in [3.8, 4) is 0 Å². The van der Waals surface area contributed by atoms with Gasteiger partial charge in [0.05, 0.1) is 11.1 Å². The first-order chi connectivity index (χ1) is 9.70. The molecule has 1 aliphatic heterocycles. The smallest absolute Gasteiger partial charge is 0.173 e. The lowest BCUT2D eigenvalue weighted by atomic mass is 10.1. The van der Waals surface area contributed by atoms with Crippen LogP contribution in [0.2, 0.25) is 0 Å². The number of amidine groups is 1. The summed E-state index contributed by atoms with van der Waals surface area (Å²) in [5, 5.41) is 13.2. The summed E-state index contributed by atoms with van der Waals surface area (Å²) in [7, 11) is 0. The Balaban J connectivity index is 2.21. The fraction of sp³-hybridized carbons (Fsp3) is 0.333. The number of anilines is 1. The number of oxime groups is 1. The molecule has 0 amide bonds. The Morgan fingerprint density at radius 2 is 2.25 bits per heavy atom. The van der Waals surface area contributed by atoms with E-state index in [4.69, 9.17) is 15.9 Å². The van der Waals surface area contributed by atoms with Gasteiger partial charge in [0.25, 0.3) is 0 Å². The number of nitrogens with zero attached hydrogens (tertiary/aromatic N) is 3. The number of nitrogens with two attached hydrogens (primary N) is 1. The summed E-state index contributed by atoms with van der Waals surface area (Å²) >= 11 is 0. The maximum Gasteiger partial charge on any atom is 0.173 e. The highest BCUT2D eigenvalue weighted by Crippen LogP contribution is 2.29. The van der Waals surface area contributed by atoms with Crippen molar-refractivity contribution in [2.24, 2.45) is 10.9 Å². The predicted octanol–water partition coefficient (Wildman–Crippen LogP) is 2.32. The van der Waals surface area contributed by atoms with E-state index in [1.807, 2.05) is 30.3 Å². The second-order valence-corrected chi connectivity index (χ2v) is 5.22. The Labute approximate surface area is 117 Å². The van der Waals surface area contributed by atoms with Crippen LogP contribution in [-0.2, 0) is 0 Å². The molecule has 0 aliphatic carbocycles. The normalized spacial score (nSPS) is 19.8. The lowest BCUT2D eigenvalue weighted by molar-refractivity contribution is 0.318. The molecule has 0 spiro atoms. The van der Waals surface area contributed by atoms with Gasteiger partial charge in [-0.05, 0) is 31.9 Å². The molecular formula is C15H18N4O. The largest absolute Gasteiger partial charge is 0.409 e. The van der Waals surface area contributed by atoms with Crippen molar-refractivity contribution < 1.29 is 5.21 Å². The zero-order chi connectivity index (χ0) is 14.1. The molecule has 1 aromatic heterocycles. The Bertz CT molecular complexity index is 668.